The molecule has 0 saturated heterocycles. The molecule has 0 saturated carbocycles. The molecule has 2 aromatic heterocycles. The van der Waals surface area contributed by atoms with E-state index in [4.69, 9.17) is 9.78 Å². The Balaban J connectivity index is 2.08. The minimum Gasteiger partial charge on any atom is -0.339 e. The number of rotatable bonds is 4. The lowest BCUT2D eigenvalue weighted by molar-refractivity contribution is 0.376. The zero-order valence-electron chi connectivity index (χ0n) is 8.93. The number of aryl methyl sites for hydroxylation is 1. The van der Waals surface area contributed by atoms with Crippen LogP contribution in [0.25, 0.3) is 11.5 Å². The second kappa shape index (κ2) is 5.16. The van der Waals surface area contributed by atoms with Gasteiger partial charge in [0.1, 0.15) is 11.5 Å². The van der Waals surface area contributed by atoms with Gasteiger partial charge in [0.05, 0.1) is 12.3 Å². The van der Waals surface area contributed by atoms with Gasteiger partial charge in [0.25, 0.3) is 0 Å². The summed E-state index contributed by atoms with van der Waals surface area (Å²) in [6, 6.07) is 4.81. The maximum Gasteiger partial charge on any atom is 0.227 e. The summed E-state index contributed by atoms with van der Waals surface area (Å²) in [5, 5.41) is 12.1. The van der Waals surface area contributed by atoms with Gasteiger partial charge in [0.15, 0.2) is 0 Å². The summed E-state index contributed by atoms with van der Waals surface area (Å²) in [6.45, 7) is 0. The maximum atomic E-state index is 12.7. The summed E-state index contributed by atoms with van der Waals surface area (Å²) in [6.07, 6.45) is 2.78. The Morgan fingerprint density at radius 3 is 3.00 bits per heavy atom. The third kappa shape index (κ3) is 2.84. The first-order valence-corrected chi connectivity index (χ1v) is 5.11. The third-order valence-electron chi connectivity index (χ3n) is 2.10. The monoisotopic (exact) mass is 232 g/mol. The molecule has 0 radical (unpaired) electrons. The normalized spacial score (nSPS) is 10.1. The molecule has 86 valence electrons. The zero-order chi connectivity index (χ0) is 12.1. The van der Waals surface area contributed by atoms with Crippen LogP contribution < -0.4 is 0 Å². The van der Waals surface area contributed by atoms with Crippen LogP contribution in [0.4, 0.5) is 4.39 Å². The largest absolute Gasteiger partial charge is 0.339 e. The van der Waals surface area contributed by atoms with Crippen molar-refractivity contribution in [3.8, 4) is 17.6 Å². The fourth-order valence-electron chi connectivity index (χ4n) is 1.29. The van der Waals surface area contributed by atoms with Crippen LogP contribution in [0, 0.1) is 17.1 Å². The highest BCUT2D eigenvalue weighted by atomic mass is 19.1. The SMILES string of the molecule is N#CCCCc1nc(-c2ccc(F)cn2)no1. The number of unbranched alkanes of at least 4 members (excludes halogenated alkanes) is 1. The summed E-state index contributed by atoms with van der Waals surface area (Å²) in [4.78, 5) is 7.96. The van der Waals surface area contributed by atoms with Gasteiger partial charge in [-0.1, -0.05) is 5.16 Å². The van der Waals surface area contributed by atoms with Crippen LogP contribution in [0.15, 0.2) is 22.9 Å². The second-order valence-corrected chi connectivity index (χ2v) is 3.39. The summed E-state index contributed by atoms with van der Waals surface area (Å²) in [5.74, 6) is 0.379. The maximum absolute atomic E-state index is 12.7. The van der Waals surface area contributed by atoms with Crippen LogP contribution in [-0.2, 0) is 6.42 Å². The molecule has 0 spiro atoms. The zero-order valence-corrected chi connectivity index (χ0v) is 8.93. The van der Waals surface area contributed by atoms with E-state index in [1.165, 1.54) is 12.1 Å². The molecule has 0 unspecified atom stereocenters. The highest BCUT2D eigenvalue weighted by Crippen LogP contribution is 2.13. The van der Waals surface area contributed by atoms with Crippen LogP contribution in [0.1, 0.15) is 18.7 Å². The van der Waals surface area contributed by atoms with E-state index in [2.05, 4.69) is 15.1 Å². The lowest BCUT2D eigenvalue weighted by atomic mass is 10.2. The Morgan fingerprint density at radius 1 is 1.41 bits per heavy atom. The van der Waals surface area contributed by atoms with E-state index < -0.39 is 5.82 Å². The first-order chi connectivity index (χ1) is 8.29. The van der Waals surface area contributed by atoms with E-state index in [0.717, 1.165) is 6.20 Å². The van der Waals surface area contributed by atoms with Gasteiger partial charge in [-0.2, -0.15) is 10.2 Å². The number of nitriles is 1. The predicted molar refractivity (Wildman–Crippen MR) is 56.0 cm³/mol. The van der Waals surface area contributed by atoms with Gasteiger partial charge < -0.3 is 4.52 Å². The predicted octanol–water partition coefficient (Wildman–Crippen LogP) is 2.12. The fourth-order valence-corrected chi connectivity index (χ4v) is 1.29. The topological polar surface area (TPSA) is 75.6 Å². The van der Waals surface area contributed by atoms with Gasteiger partial charge in [-0.25, -0.2) is 9.37 Å². The molecule has 2 aromatic rings. The number of halogens is 1. The van der Waals surface area contributed by atoms with Crippen LogP contribution in [0.5, 0.6) is 0 Å². The highest BCUT2D eigenvalue weighted by molar-refractivity contribution is 5.47. The number of pyridine rings is 1. The number of aromatic nitrogens is 3. The van der Waals surface area contributed by atoms with Gasteiger partial charge in [0.2, 0.25) is 11.7 Å². The van der Waals surface area contributed by atoms with E-state index in [1.54, 1.807) is 0 Å². The van der Waals surface area contributed by atoms with Gasteiger partial charge in [-0.15, -0.1) is 0 Å². The molecular weight excluding hydrogens is 223 g/mol. The van der Waals surface area contributed by atoms with Crippen LogP contribution in [0.2, 0.25) is 0 Å². The average Bonchev–Trinajstić information content (AvgIpc) is 2.79. The summed E-state index contributed by atoms with van der Waals surface area (Å²) < 4.78 is 17.6. The minimum absolute atomic E-state index is 0.331. The molecule has 0 aliphatic rings. The van der Waals surface area contributed by atoms with Crippen molar-refractivity contribution in [2.75, 3.05) is 0 Å². The molecule has 2 rings (SSSR count). The number of nitrogens with zero attached hydrogens (tertiary/aromatic N) is 4. The van der Waals surface area contributed by atoms with Gasteiger partial charge >= 0.3 is 0 Å². The van der Waals surface area contributed by atoms with Crippen LogP contribution in [-0.4, -0.2) is 15.1 Å². The van der Waals surface area contributed by atoms with Gasteiger partial charge in [-0.05, 0) is 18.6 Å². The smallest absolute Gasteiger partial charge is 0.227 e. The summed E-state index contributed by atoms with van der Waals surface area (Å²) >= 11 is 0. The molecule has 0 N–H and O–H groups in total. The minimum atomic E-state index is -0.411. The summed E-state index contributed by atoms with van der Waals surface area (Å²) in [7, 11) is 0. The Morgan fingerprint density at radius 2 is 2.29 bits per heavy atom. The standard InChI is InChI=1S/C11H9FN4O/c12-8-4-5-9(14-7-8)11-15-10(17-16-11)3-1-2-6-13/h4-5,7H,1-3H2. The fraction of sp³-hybridized carbons (Fsp3) is 0.273. The lowest BCUT2D eigenvalue weighted by Gasteiger charge is -1.91. The number of hydrogen-bond donors (Lipinski definition) is 0. The first kappa shape index (κ1) is 11.2. The Bertz CT molecular complexity index is 529. The van der Waals surface area contributed by atoms with E-state index in [9.17, 15) is 4.39 Å². The molecule has 17 heavy (non-hydrogen) atoms. The molecule has 0 atom stereocenters. The van der Waals surface area contributed by atoms with Crippen molar-refractivity contribution in [2.45, 2.75) is 19.3 Å². The van der Waals surface area contributed by atoms with Crippen molar-refractivity contribution in [3.63, 3.8) is 0 Å². The molecule has 6 heteroatoms. The molecule has 0 fully saturated rings. The molecule has 2 heterocycles. The van der Waals surface area contributed by atoms with Crippen LogP contribution in [0.3, 0.4) is 0 Å². The van der Waals surface area contributed by atoms with E-state index in [0.29, 0.717) is 36.7 Å². The van der Waals surface area contributed by atoms with Crippen molar-refractivity contribution in [3.05, 3.63) is 30.0 Å². The first-order valence-electron chi connectivity index (χ1n) is 5.11. The Labute approximate surface area is 96.9 Å². The molecule has 0 bridgehead atoms. The van der Waals surface area contributed by atoms with Crippen molar-refractivity contribution < 1.29 is 8.91 Å². The molecule has 0 amide bonds. The average molecular weight is 232 g/mol. The molecule has 5 nitrogen and oxygen atoms in total. The second-order valence-electron chi connectivity index (χ2n) is 3.39. The van der Waals surface area contributed by atoms with Crippen molar-refractivity contribution in [2.24, 2.45) is 0 Å². The number of hydrogen-bond acceptors (Lipinski definition) is 5. The van der Waals surface area contributed by atoms with Gasteiger partial charge in [-0.3, -0.25) is 0 Å². The molecular formula is C11H9FN4O. The molecule has 0 aliphatic carbocycles. The van der Waals surface area contributed by atoms with E-state index in [1.807, 2.05) is 6.07 Å². The van der Waals surface area contributed by atoms with Crippen molar-refractivity contribution in [1.82, 2.24) is 15.1 Å². The Hall–Kier alpha value is -2.29. The highest BCUT2D eigenvalue weighted by Gasteiger charge is 2.09. The quantitative estimate of drug-likeness (QED) is 0.754. The Kier molecular flexibility index (Phi) is 3.40. The lowest BCUT2D eigenvalue weighted by Crippen LogP contribution is -1.88. The van der Waals surface area contributed by atoms with Crippen molar-refractivity contribution in [1.29, 1.82) is 5.26 Å². The molecule has 0 aromatic carbocycles. The van der Waals surface area contributed by atoms with E-state index in [-0.39, 0.29) is 0 Å². The summed E-state index contributed by atoms with van der Waals surface area (Å²) in [5.41, 5.74) is 0.460. The van der Waals surface area contributed by atoms with Crippen LogP contribution >= 0.6 is 0 Å². The van der Waals surface area contributed by atoms with Crippen molar-refractivity contribution >= 4 is 0 Å². The molecule has 0 aliphatic heterocycles. The van der Waals surface area contributed by atoms with Gasteiger partial charge in [0, 0.05) is 12.8 Å². The third-order valence-corrected chi connectivity index (χ3v) is 2.10. The van der Waals surface area contributed by atoms with E-state index >= 15 is 0 Å².